The van der Waals surface area contributed by atoms with Crippen LogP contribution in [0.1, 0.15) is 18.4 Å². The second kappa shape index (κ2) is 7.80. The molecule has 1 aliphatic heterocycles. The summed E-state index contributed by atoms with van der Waals surface area (Å²) in [6.07, 6.45) is 2.02. The van der Waals surface area contributed by atoms with Gasteiger partial charge in [0.05, 0.1) is 30.5 Å². The summed E-state index contributed by atoms with van der Waals surface area (Å²) in [6, 6.07) is 18.3. The van der Waals surface area contributed by atoms with Crippen molar-refractivity contribution in [2.45, 2.75) is 12.8 Å². The number of rotatable bonds is 3. The first kappa shape index (κ1) is 20.5. The third-order valence-corrected chi connectivity index (χ3v) is 6.65. The first-order valence-electron chi connectivity index (χ1n) is 10.3. The summed E-state index contributed by atoms with van der Waals surface area (Å²) in [6.45, 7) is 4.23. The fraction of sp³-hybridized carbons (Fsp3) is 0.320. The van der Waals surface area contributed by atoms with E-state index in [2.05, 4.69) is 30.0 Å². The molecule has 0 amide bonds. The smallest absolute Gasteiger partial charge is 0.191 e. The summed E-state index contributed by atoms with van der Waals surface area (Å²) in [5.74, 6) is -0.212. The van der Waals surface area contributed by atoms with Crippen LogP contribution in [-0.2, 0) is 0 Å². The maximum absolute atomic E-state index is 10.3. The highest BCUT2D eigenvalue weighted by molar-refractivity contribution is 5.89. The van der Waals surface area contributed by atoms with Crippen LogP contribution < -0.4 is 10.5 Å². The summed E-state index contributed by atoms with van der Waals surface area (Å²) in [4.78, 5) is 2.24. The number of methoxy groups -OCH3 is 1. The summed E-state index contributed by atoms with van der Waals surface area (Å²) in [7, 11) is 1.59. The molecule has 31 heavy (non-hydrogen) atoms. The Labute approximate surface area is 182 Å². The number of nitrogens with two attached hydrogens (primary N) is 1. The third-order valence-electron chi connectivity index (χ3n) is 6.65. The third kappa shape index (κ3) is 2.87. The van der Waals surface area contributed by atoms with Crippen LogP contribution in [0.15, 0.2) is 59.3 Å². The Hall–Kier alpha value is -3.79. The van der Waals surface area contributed by atoms with Crippen molar-refractivity contribution in [3.8, 4) is 24.0 Å². The van der Waals surface area contributed by atoms with Gasteiger partial charge >= 0.3 is 0 Å². The van der Waals surface area contributed by atoms with Crippen LogP contribution in [0.25, 0.3) is 10.8 Å². The molecule has 2 aromatic carbocycles. The Morgan fingerprint density at radius 1 is 1.16 bits per heavy atom. The van der Waals surface area contributed by atoms with E-state index in [4.69, 9.17) is 10.5 Å². The second-order valence-electron chi connectivity index (χ2n) is 7.93. The van der Waals surface area contributed by atoms with E-state index in [0.717, 1.165) is 28.5 Å². The SMILES string of the molecule is CCN1CC=C2C(C#N)=C(N)C(C#N)(C#N)C(c3c(OC)ccc4ccccc34)C2C1. The minimum Gasteiger partial charge on any atom is -0.496 e. The molecule has 2 aliphatic rings. The number of benzene rings is 2. The normalized spacial score (nSPS) is 22.6. The van der Waals surface area contributed by atoms with Crippen molar-refractivity contribution in [1.29, 1.82) is 15.8 Å². The van der Waals surface area contributed by atoms with Gasteiger partial charge in [0, 0.05) is 30.5 Å². The van der Waals surface area contributed by atoms with Gasteiger partial charge in [0.1, 0.15) is 11.8 Å². The van der Waals surface area contributed by atoms with Gasteiger partial charge in [-0.1, -0.05) is 43.3 Å². The Balaban J connectivity index is 2.13. The van der Waals surface area contributed by atoms with Gasteiger partial charge in [-0.25, -0.2) is 0 Å². The molecule has 2 atom stereocenters. The number of likely N-dealkylation sites (N-methyl/N-ethyl adjacent to an activating group) is 1. The highest BCUT2D eigenvalue weighted by atomic mass is 16.5. The van der Waals surface area contributed by atoms with Gasteiger partial charge in [-0.2, -0.15) is 15.8 Å². The molecular formula is C25H23N5O. The molecular weight excluding hydrogens is 386 g/mol. The van der Waals surface area contributed by atoms with Gasteiger partial charge < -0.3 is 10.5 Å². The molecule has 6 nitrogen and oxygen atoms in total. The van der Waals surface area contributed by atoms with Crippen LogP contribution in [0.2, 0.25) is 0 Å². The number of fused-ring (bicyclic) bond motifs is 2. The first-order valence-corrected chi connectivity index (χ1v) is 10.3. The summed E-state index contributed by atoms with van der Waals surface area (Å²) in [5, 5.41) is 32.5. The van der Waals surface area contributed by atoms with Gasteiger partial charge in [0.25, 0.3) is 0 Å². The maximum Gasteiger partial charge on any atom is 0.191 e. The lowest BCUT2D eigenvalue weighted by molar-refractivity contribution is 0.213. The quantitative estimate of drug-likeness (QED) is 0.829. The van der Waals surface area contributed by atoms with Gasteiger partial charge in [0.2, 0.25) is 0 Å². The van der Waals surface area contributed by atoms with E-state index in [0.29, 0.717) is 18.8 Å². The lowest BCUT2D eigenvalue weighted by Crippen LogP contribution is -2.48. The molecule has 0 spiro atoms. The van der Waals surface area contributed by atoms with E-state index in [1.54, 1.807) is 7.11 Å². The van der Waals surface area contributed by atoms with Crippen LogP contribution in [-0.4, -0.2) is 31.6 Å². The first-order chi connectivity index (χ1) is 15.1. The molecule has 6 heteroatoms. The minimum atomic E-state index is -1.68. The van der Waals surface area contributed by atoms with Crippen molar-refractivity contribution in [2.24, 2.45) is 17.1 Å². The Kier molecular flexibility index (Phi) is 5.15. The van der Waals surface area contributed by atoms with Crippen molar-refractivity contribution in [2.75, 3.05) is 26.7 Å². The van der Waals surface area contributed by atoms with E-state index in [1.165, 1.54) is 0 Å². The molecule has 0 saturated heterocycles. The van der Waals surface area contributed by atoms with Crippen LogP contribution >= 0.6 is 0 Å². The number of ether oxygens (including phenoxy) is 1. The zero-order valence-electron chi connectivity index (χ0n) is 17.6. The van der Waals surface area contributed by atoms with Gasteiger partial charge in [-0.15, -0.1) is 0 Å². The maximum atomic E-state index is 10.3. The minimum absolute atomic E-state index is 0.0347. The molecule has 154 valence electrons. The standard InChI is InChI=1S/C25H23N5O/c1-3-30-11-10-18-19(12-26)24(29)25(14-27,15-28)23(20(18)13-30)22-17-7-5-4-6-16(17)8-9-21(22)31-2/h4-10,20,23H,3,11,13,29H2,1-2H3. The van der Waals surface area contributed by atoms with Crippen LogP contribution in [0.5, 0.6) is 5.75 Å². The fourth-order valence-corrected chi connectivity index (χ4v) is 5.08. The molecule has 0 aromatic heterocycles. The molecule has 0 saturated carbocycles. The molecule has 2 N–H and O–H groups in total. The van der Waals surface area contributed by atoms with Gasteiger partial charge in [-0.3, -0.25) is 4.90 Å². The van der Waals surface area contributed by atoms with Crippen molar-refractivity contribution in [3.05, 3.63) is 64.9 Å². The van der Waals surface area contributed by atoms with Crippen molar-refractivity contribution in [1.82, 2.24) is 4.90 Å². The molecule has 0 bridgehead atoms. The van der Waals surface area contributed by atoms with E-state index < -0.39 is 11.3 Å². The molecule has 0 radical (unpaired) electrons. The van der Waals surface area contributed by atoms with Crippen LogP contribution in [0.3, 0.4) is 0 Å². The number of hydrogen-bond donors (Lipinski definition) is 1. The van der Waals surface area contributed by atoms with E-state index in [9.17, 15) is 15.8 Å². The summed E-state index contributed by atoms with van der Waals surface area (Å²) >= 11 is 0. The topological polar surface area (TPSA) is 110 Å². The zero-order valence-corrected chi connectivity index (χ0v) is 17.6. The lowest BCUT2D eigenvalue weighted by Gasteiger charge is -2.46. The van der Waals surface area contributed by atoms with E-state index in [-0.39, 0.29) is 17.2 Å². The number of allylic oxidation sites excluding steroid dienone is 2. The fourth-order valence-electron chi connectivity index (χ4n) is 5.08. The molecule has 2 unspecified atom stereocenters. The average molecular weight is 409 g/mol. The number of hydrogen-bond acceptors (Lipinski definition) is 6. The molecule has 0 fully saturated rings. The van der Waals surface area contributed by atoms with Crippen LogP contribution in [0.4, 0.5) is 0 Å². The van der Waals surface area contributed by atoms with Crippen molar-refractivity contribution < 1.29 is 4.74 Å². The number of nitriles is 3. The van der Waals surface area contributed by atoms with Crippen molar-refractivity contribution in [3.63, 3.8) is 0 Å². The molecule has 1 heterocycles. The Bertz CT molecular complexity index is 1220. The summed E-state index contributed by atoms with van der Waals surface area (Å²) in [5.41, 5.74) is 6.68. The Morgan fingerprint density at radius 2 is 1.90 bits per heavy atom. The Morgan fingerprint density at radius 3 is 2.55 bits per heavy atom. The van der Waals surface area contributed by atoms with E-state index >= 15 is 0 Å². The molecule has 4 rings (SSSR count). The monoisotopic (exact) mass is 409 g/mol. The zero-order chi connectivity index (χ0) is 22.2. The number of nitrogens with zero attached hydrogens (tertiary/aromatic N) is 4. The highest BCUT2D eigenvalue weighted by Gasteiger charge is 2.55. The summed E-state index contributed by atoms with van der Waals surface area (Å²) < 4.78 is 5.74. The predicted molar refractivity (Wildman–Crippen MR) is 117 cm³/mol. The highest BCUT2D eigenvalue weighted by Crippen LogP contribution is 2.57. The predicted octanol–water partition coefficient (Wildman–Crippen LogP) is 3.59. The van der Waals surface area contributed by atoms with Crippen LogP contribution in [0, 0.1) is 45.3 Å². The van der Waals surface area contributed by atoms with Gasteiger partial charge in [-0.05, 0) is 29.0 Å². The molecule has 1 aliphatic carbocycles. The lowest BCUT2D eigenvalue weighted by atomic mass is 9.57. The largest absolute Gasteiger partial charge is 0.496 e. The van der Waals surface area contributed by atoms with Crippen molar-refractivity contribution >= 4 is 10.8 Å². The van der Waals surface area contributed by atoms with E-state index in [1.807, 2.05) is 42.5 Å². The van der Waals surface area contributed by atoms with Gasteiger partial charge in [0.15, 0.2) is 5.41 Å². The second-order valence-corrected chi connectivity index (χ2v) is 7.93. The molecule has 2 aromatic rings. The average Bonchev–Trinajstić information content (AvgIpc) is 2.82.